The van der Waals surface area contributed by atoms with Gasteiger partial charge in [0.1, 0.15) is 0 Å². The van der Waals surface area contributed by atoms with Crippen LogP contribution in [0.3, 0.4) is 0 Å². The van der Waals surface area contributed by atoms with Crippen LogP contribution in [-0.4, -0.2) is 48.3 Å². The van der Waals surface area contributed by atoms with Crippen LogP contribution in [0.15, 0.2) is 0 Å². The first kappa shape index (κ1) is 13.9. The van der Waals surface area contributed by atoms with E-state index < -0.39 is 0 Å². The Morgan fingerprint density at radius 1 is 1.31 bits per heavy atom. The Balaban J connectivity index is 1.95. The van der Waals surface area contributed by atoms with Gasteiger partial charge in [-0.25, -0.2) is 0 Å². The molecule has 0 spiro atoms. The number of hydrogen-bond donors (Lipinski definition) is 2. The van der Waals surface area contributed by atoms with E-state index in [0.29, 0.717) is 12.1 Å². The van der Waals surface area contributed by atoms with Gasteiger partial charge in [-0.15, -0.1) is 0 Å². The standard InChI is InChI=1S/C13H28N2O/c1-11(2)15(3)10-5-4-9-14-12-7-6-8-13(12)16/h11-14,16H,4-10H2,1-3H3/t12-,13-/m1/s1. The van der Waals surface area contributed by atoms with Crippen LogP contribution in [0.25, 0.3) is 0 Å². The highest BCUT2D eigenvalue weighted by molar-refractivity contribution is 4.82. The maximum atomic E-state index is 9.64. The van der Waals surface area contributed by atoms with Crippen LogP contribution in [0.5, 0.6) is 0 Å². The zero-order valence-corrected chi connectivity index (χ0v) is 11.1. The maximum Gasteiger partial charge on any atom is 0.0693 e. The molecule has 0 bridgehead atoms. The number of aliphatic hydroxyl groups excluding tert-OH is 1. The summed E-state index contributed by atoms with van der Waals surface area (Å²) in [4.78, 5) is 2.38. The Morgan fingerprint density at radius 3 is 2.62 bits per heavy atom. The number of hydrogen-bond acceptors (Lipinski definition) is 3. The summed E-state index contributed by atoms with van der Waals surface area (Å²) < 4.78 is 0. The third-order valence-corrected chi connectivity index (χ3v) is 3.71. The van der Waals surface area contributed by atoms with Crippen molar-refractivity contribution in [1.29, 1.82) is 0 Å². The molecule has 96 valence electrons. The summed E-state index contributed by atoms with van der Waals surface area (Å²) in [5.74, 6) is 0. The van der Waals surface area contributed by atoms with E-state index in [4.69, 9.17) is 0 Å². The Bertz CT molecular complexity index is 185. The molecule has 0 aromatic carbocycles. The molecule has 1 aliphatic rings. The summed E-state index contributed by atoms with van der Waals surface area (Å²) in [7, 11) is 2.18. The van der Waals surface area contributed by atoms with Crippen LogP contribution >= 0.6 is 0 Å². The van der Waals surface area contributed by atoms with Crippen molar-refractivity contribution in [2.24, 2.45) is 0 Å². The molecule has 3 nitrogen and oxygen atoms in total. The number of nitrogens with zero attached hydrogens (tertiary/aromatic N) is 1. The number of nitrogens with one attached hydrogen (secondary N) is 1. The third kappa shape index (κ3) is 4.81. The van der Waals surface area contributed by atoms with E-state index in [1.54, 1.807) is 0 Å². The first-order valence-corrected chi connectivity index (χ1v) is 6.73. The molecule has 2 atom stereocenters. The van der Waals surface area contributed by atoms with E-state index in [1.807, 2.05) is 0 Å². The predicted octanol–water partition coefficient (Wildman–Crippen LogP) is 1.61. The van der Waals surface area contributed by atoms with Crippen molar-refractivity contribution >= 4 is 0 Å². The fraction of sp³-hybridized carbons (Fsp3) is 1.00. The van der Waals surface area contributed by atoms with Gasteiger partial charge in [0, 0.05) is 12.1 Å². The molecule has 1 rings (SSSR count). The van der Waals surface area contributed by atoms with Gasteiger partial charge in [0.2, 0.25) is 0 Å². The minimum atomic E-state index is -0.0988. The van der Waals surface area contributed by atoms with Crippen LogP contribution in [0, 0.1) is 0 Å². The Kier molecular flexibility index (Phi) is 6.32. The molecular formula is C13H28N2O. The van der Waals surface area contributed by atoms with Crippen molar-refractivity contribution in [3.05, 3.63) is 0 Å². The molecule has 1 fully saturated rings. The molecule has 16 heavy (non-hydrogen) atoms. The summed E-state index contributed by atoms with van der Waals surface area (Å²) in [6.45, 7) is 6.68. The quantitative estimate of drug-likeness (QED) is 0.650. The Hall–Kier alpha value is -0.120. The monoisotopic (exact) mass is 228 g/mol. The van der Waals surface area contributed by atoms with Gasteiger partial charge < -0.3 is 15.3 Å². The van der Waals surface area contributed by atoms with Gasteiger partial charge in [0.25, 0.3) is 0 Å². The van der Waals surface area contributed by atoms with E-state index in [-0.39, 0.29) is 6.10 Å². The van der Waals surface area contributed by atoms with E-state index in [2.05, 4.69) is 31.1 Å². The second-order valence-electron chi connectivity index (χ2n) is 5.34. The van der Waals surface area contributed by atoms with Gasteiger partial charge in [-0.3, -0.25) is 0 Å². The number of aliphatic hydroxyl groups is 1. The van der Waals surface area contributed by atoms with Crippen LogP contribution < -0.4 is 5.32 Å². The largest absolute Gasteiger partial charge is 0.392 e. The van der Waals surface area contributed by atoms with Crippen molar-refractivity contribution in [3.8, 4) is 0 Å². The van der Waals surface area contributed by atoms with E-state index in [9.17, 15) is 5.11 Å². The molecule has 0 radical (unpaired) electrons. The lowest BCUT2D eigenvalue weighted by atomic mass is 10.2. The minimum absolute atomic E-state index is 0.0988. The molecule has 0 heterocycles. The first-order chi connectivity index (χ1) is 7.61. The van der Waals surface area contributed by atoms with Crippen LogP contribution in [0.1, 0.15) is 46.0 Å². The fourth-order valence-electron chi connectivity index (χ4n) is 2.21. The molecule has 0 aromatic heterocycles. The van der Waals surface area contributed by atoms with Gasteiger partial charge >= 0.3 is 0 Å². The smallest absolute Gasteiger partial charge is 0.0693 e. The highest BCUT2D eigenvalue weighted by atomic mass is 16.3. The molecule has 0 saturated heterocycles. The summed E-state index contributed by atoms with van der Waals surface area (Å²) in [6.07, 6.45) is 5.65. The lowest BCUT2D eigenvalue weighted by Gasteiger charge is -2.21. The van der Waals surface area contributed by atoms with E-state index in [0.717, 1.165) is 19.4 Å². The van der Waals surface area contributed by atoms with E-state index >= 15 is 0 Å². The number of rotatable bonds is 7. The highest BCUT2D eigenvalue weighted by Crippen LogP contribution is 2.18. The molecule has 3 heteroatoms. The molecule has 0 unspecified atom stereocenters. The second-order valence-corrected chi connectivity index (χ2v) is 5.34. The van der Waals surface area contributed by atoms with Crippen molar-refractivity contribution in [2.45, 2.75) is 64.1 Å². The average molecular weight is 228 g/mol. The van der Waals surface area contributed by atoms with Crippen molar-refractivity contribution < 1.29 is 5.11 Å². The summed E-state index contributed by atoms with van der Waals surface area (Å²) in [6, 6.07) is 1.01. The predicted molar refractivity (Wildman–Crippen MR) is 68.6 cm³/mol. The zero-order valence-electron chi connectivity index (χ0n) is 11.1. The van der Waals surface area contributed by atoms with Crippen LogP contribution in [0.2, 0.25) is 0 Å². The Morgan fingerprint density at radius 2 is 2.06 bits per heavy atom. The van der Waals surface area contributed by atoms with Crippen molar-refractivity contribution in [2.75, 3.05) is 20.1 Å². The summed E-state index contributed by atoms with van der Waals surface area (Å²) >= 11 is 0. The lowest BCUT2D eigenvalue weighted by Crippen LogP contribution is -2.36. The molecule has 1 aliphatic carbocycles. The maximum absolute atomic E-state index is 9.64. The molecule has 0 aliphatic heterocycles. The zero-order chi connectivity index (χ0) is 12.0. The SMILES string of the molecule is CC(C)N(C)CCCCN[C@@H]1CCC[C@H]1O. The Labute approximate surface area is 100 Å². The molecule has 2 N–H and O–H groups in total. The third-order valence-electron chi connectivity index (χ3n) is 3.71. The van der Waals surface area contributed by atoms with Crippen LogP contribution in [0.4, 0.5) is 0 Å². The normalized spacial score (nSPS) is 25.9. The van der Waals surface area contributed by atoms with Gasteiger partial charge in [0.15, 0.2) is 0 Å². The second kappa shape index (κ2) is 7.25. The first-order valence-electron chi connectivity index (χ1n) is 6.73. The van der Waals surface area contributed by atoms with Gasteiger partial charge in [0.05, 0.1) is 6.10 Å². The minimum Gasteiger partial charge on any atom is -0.392 e. The van der Waals surface area contributed by atoms with Gasteiger partial charge in [-0.2, -0.15) is 0 Å². The van der Waals surface area contributed by atoms with Crippen molar-refractivity contribution in [1.82, 2.24) is 10.2 Å². The van der Waals surface area contributed by atoms with E-state index in [1.165, 1.54) is 25.8 Å². The molecular weight excluding hydrogens is 200 g/mol. The molecule has 1 saturated carbocycles. The topological polar surface area (TPSA) is 35.5 Å². The van der Waals surface area contributed by atoms with Crippen molar-refractivity contribution in [3.63, 3.8) is 0 Å². The summed E-state index contributed by atoms with van der Waals surface area (Å²) in [5.41, 5.74) is 0. The molecule has 0 amide bonds. The summed E-state index contributed by atoms with van der Waals surface area (Å²) in [5, 5.41) is 13.1. The van der Waals surface area contributed by atoms with Gasteiger partial charge in [-0.05, 0) is 66.1 Å². The highest BCUT2D eigenvalue weighted by Gasteiger charge is 2.23. The van der Waals surface area contributed by atoms with Crippen LogP contribution in [-0.2, 0) is 0 Å². The lowest BCUT2D eigenvalue weighted by molar-refractivity contribution is 0.149. The fourth-order valence-corrected chi connectivity index (χ4v) is 2.21. The number of unbranched alkanes of at least 4 members (excludes halogenated alkanes) is 1. The van der Waals surface area contributed by atoms with Gasteiger partial charge in [-0.1, -0.05) is 0 Å². The molecule has 0 aromatic rings. The average Bonchev–Trinajstić information content (AvgIpc) is 2.63.